The topological polar surface area (TPSA) is 39.7 Å². The van der Waals surface area contributed by atoms with Crippen molar-refractivity contribution in [1.82, 2.24) is 5.32 Å². The van der Waals surface area contributed by atoms with Crippen LogP contribution in [0.2, 0.25) is 0 Å². The predicted molar refractivity (Wildman–Crippen MR) is 76.9 cm³/mol. The van der Waals surface area contributed by atoms with Gasteiger partial charge in [0.25, 0.3) is 0 Å². The molecule has 1 N–H and O–H groups in total. The summed E-state index contributed by atoms with van der Waals surface area (Å²) < 4.78 is 15.5. The lowest BCUT2D eigenvalue weighted by Crippen LogP contribution is -2.20. The van der Waals surface area contributed by atoms with Gasteiger partial charge < -0.3 is 19.5 Å². The smallest absolute Gasteiger partial charge is 0.119 e. The summed E-state index contributed by atoms with van der Waals surface area (Å²) in [7, 11) is 3.38. The Kier molecular flexibility index (Phi) is 9.06. The Morgan fingerprint density at radius 1 is 1.05 bits per heavy atom. The number of methoxy groups -OCH3 is 2. The van der Waals surface area contributed by atoms with Gasteiger partial charge >= 0.3 is 0 Å². The van der Waals surface area contributed by atoms with Gasteiger partial charge in [-0.25, -0.2) is 0 Å². The van der Waals surface area contributed by atoms with Crippen LogP contribution in [0.15, 0.2) is 24.3 Å². The number of rotatable bonds is 11. The van der Waals surface area contributed by atoms with Crippen molar-refractivity contribution in [2.45, 2.75) is 12.8 Å². The first-order valence-corrected chi connectivity index (χ1v) is 6.77. The van der Waals surface area contributed by atoms with E-state index in [0.717, 1.165) is 38.3 Å². The Morgan fingerprint density at radius 3 is 2.74 bits per heavy atom. The van der Waals surface area contributed by atoms with E-state index in [-0.39, 0.29) is 0 Å². The van der Waals surface area contributed by atoms with Crippen LogP contribution in [0.1, 0.15) is 12.0 Å². The summed E-state index contributed by atoms with van der Waals surface area (Å²) in [6, 6.07) is 8.19. The van der Waals surface area contributed by atoms with Crippen LogP contribution >= 0.6 is 0 Å². The molecule has 4 nitrogen and oxygen atoms in total. The molecule has 0 amide bonds. The van der Waals surface area contributed by atoms with Crippen molar-refractivity contribution >= 4 is 0 Å². The van der Waals surface area contributed by atoms with Crippen LogP contribution in [0, 0.1) is 0 Å². The highest BCUT2D eigenvalue weighted by molar-refractivity contribution is 5.28. The third-order valence-corrected chi connectivity index (χ3v) is 2.80. The van der Waals surface area contributed by atoms with Gasteiger partial charge in [-0.2, -0.15) is 0 Å². The monoisotopic (exact) mass is 267 g/mol. The summed E-state index contributed by atoms with van der Waals surface area (Å²) in [5.41, 5.74) is 1.29. The Labute approximate surface area is 116 Å². The van der Waals surface area contributed by atoms with Crippen LogP contribution in [0.25, 0.3) is 0 Å². The van der Waals surface area contributed by atoms with E-state index >= 15 is 0 Å². The minimum absolute atomic E-state index is 0.670. The lowest BCUT2D eigenvalue weighted by molar-refractivity contribution is 0.0695. The zero-order valence-electron chi connectivity index (χ0n) is 12.0. The normalized spacial score (nSPS) is 10.6. The molecule has 0 aliphatic carbocycles. The first-order chi connectivity index (χ1) is 9.36. The van der Waals surface area contributed by atoms with Gasteiger partial charge in [-0.1, -0.05) is 12.1 Å². The first-order valence-electron chi connectivity index (χ1n) is 6.77. The Hall–Kier alpha value is -1.10. The second-order valence-corrected chi connectivity index (χ2v) is 4.31. The molecule has 0 spiro atoms. The van der Waals surface area contributed by atoms with Gasteiger partial charge in [0.05, 0.1) is 20.3 Å². The van der Waals surface area contributed by atoms with Gasteiger partial charge in [0.2, 0.25) is 0 Å². The summed E-state index contributed by atoms with van der Waals surface area (Å²) in [6.07, 6.45) is 2.05. The van der Waals surface area contributed by atoms with Crippen molar-refractivity contribution in [2.75, 3.05) is 47.1 Å². The molecule has 0 saturated heterocycles. The second kappa shape index (κ2) is 10.8. The average Bonchev–Trinajstić information content (AvgIpc) is 2.46. The second-order valence-electron chi connectivity index (χ2n) is 4.31. The SMILES string of the molecule is COCCOCCCNCCc1cccc(OC)c1. The predicted octanol–water partition coefficient (Wildman–Crippen LogP) is 1.88. The van der Waals surface area contributed by atoms with Crippen molar-refractivity contribution in [3.8, 4) is 5.75 Å². The minimum Gasteiger partial charge on any atom is -0.497 e. The molecule has 4 heteroatoms. The summed E-state index contributed by atoms with van der Waals surface area (Å²) >= 11 is 0. The zero-order valence-corrected chi connectivity index (χ0v) is 12.0. The Morgan fingerprint density at radius 2 is 1.95 bits per heavy atom. The Bertz CT molecular complexity index is 331. The number of hydrogen-bond acceptors (Lipinski definition) is 4. The molecule has 1 rings (SSSR count). The fourth-order valence-electron chi connectivity index (χ4n) is 1.73. The summed E-state index contributed by atoms with van der Waals surface area (Å²) in [6.45, 7) is 4.10. The van der Waals surface area contributed by atoms with E-state index in [2.05, 4.69) is 17.4 Å². The van der Waals surface area contributed by atoms with Crippen molar-refractivity contribution < 1.29 is 14.2 Å². The van der Waals surface area contributed by atoms with E-state index in [1.165, 1.54) is 5.56 Å². The molecule has 0 heterocycles. The fraction of sp³-hybridized carbons (Fsp3) is 0.600. The molecule has 0 saturated carbocycles. The largest absolute Gasteiger partial charge is 0.497 e. The summed E-state index contributed by atoms with van der Waals surface area (Å²) in [5.74, 6) is 0.920. The van der Waals surface area contributed by atoms with Gasteiger partial charge in [-0.15, -0.1) is 0 Å². The molecule has 19 heavy (non-hydrogen) atoms. The maximum Gasteiger partial charge on any atom is 0.119 e. The molecule has 0 bridgehead atoms. The van der Waals surface area contributed by atoms with Gasteiger partial charge in [0, 0.05) is 13.7 Å². The van der Waals surface area contributed by atoms with E-state index in [9.17, 15) is 0 Å². The first kappa shape index (κ1) is 16.0. The molecule has 0 radical (unpaired) electrons. The highest BCUT2D eigenvalue weighted by Crippen LogP contribution is 2.12. The molecule has 0 fully saturated rings. The molecule has 1 aromatic rings. The molecule has 0 aromatic heterocycles. The average molecular weight is 267 g/mol. The quantitative estimate of drug-likeness (QED) is 0.621. The van der Waals surface area contributed by atoms with Crippen molar-refractivity contribution in [3.05, 3.63) is 29.8 Å². The van der Waals surface area contributed by atoms with E-state index in [0.29, 0.717) is 13.2 Å². The van der Waals surface area contributed by atoms with Crippen LogP contribution in [-0.2, 0) is 15.9 Å². The van der Waals surface area contributed by atoms with E-state index in [1.807, 2.05) is 12.1 Å². The standard InChI is InChI=1S/C15H25NO3/c1-17-11-12-19-10-4-8-16-9-7-14-5-3-6-15(13-14)18-2/h3,5-6,13,16H,4,7-12H2,1-2H3. The van der Waals surface area contributed by atoms with Gasteiger partial charge in [-0.05, 0) is 43.6 Å². The fourth-order valence-corrected chi connectivity index (χ4v) is 1.73. The van der Waals surface area contributed by atoms with Gasteiger partial charge in [0.15, 0.2) is 0 Å². The molecule has 0 atom stereocenters. The lowest BCUT2D eigenvalue weighted by atomic mass is 10.1. The molecule has 0 aliphatic heterocycles. The van der Waals surface area contributed by atoms with Gasteiger partial charge in [0.1, 0.15) is 5.75 Å². The zero-order chi connectivity index (χ0) is 13.8. The lowest BCUT2D eigenvalue weighted by Gasteiger charge is -2.07. The number of benzene rings is 1. The third kappa shape index (κ3) is 7.82. The highest BCUT2D eigenvalue weighted by atomic mass is 16.5. The molecule has 0 aliphatic rings. The van der Waals surface area contributed by atoms with Gasteiger partial charge in [-0.3, -0.25) is 0 Å². The van der Waals surface area contributed by atoms with Crippen LogP contribution in [0.4, 0.5) is 0 Å². The molecular formula is C15H25NO3. The van der Waals surface area contributed by atoms with Crippen LogP contribution < -0.4 is 10.1 Å². The number of hydrogen-bond donors (Lipinski definition) is 1. The number of nitrogens with one attached hydrogen (secondary N) is 1. The van der Waals surface area contributed by atoms with Crippen LogP contribution in [0.5, 0.6) is 5.75 Å². The van der Waals surface area contributed by atoms with Crippen LogP contribution in [0.3, 0.4) is 0 Å². The van der Waals surface area contributed by atoms with Crippen LogP contribution in [-0.4, -0.2) is 47.1 Å². The molecule has 0 unspecified atom stereocenters. The maximum atomic E-state index is 5.39. The van der Waals surface area contributed by atoms with E-state index < -0.39 is 0 Å². The van der Waals surface area contributed by atoms with E-state index in [1.54, 1.807) is 14.2 Å². The summed E-state index contributed by atoms with van der Waals surface area (Å²) in [4.78, 5) is 0. The molecule has 108 valence electrons. The summed E-state index contributed by atoms with van der Waals surface area (Å²) in [5, 5.41) is 3.41. The minimum atomic E-state index is 0.670. The third-order valence-electron chi connectivity index (χ3n) is 2.80. The Balaban J connectivity index is 1.98. The molecular weight excluding hydrogens is 242 g/mol. The van der Waals surface area contributed by atoms with Crippen molar-refractivity contribution in [1.29, 1.82) is 0 Å². The molecule has 1 aromatic carbocycles. The van der Waals surface area contributed by atoms with Crippen molar-refractivity contribution in [2.24, 2.45) is 0 Å². The highest BCUT2D eigenvalue weighted by Gasteiger charge is 1.96. The maximum absolute atomic E-state index is 5.39. The van der Waals surface area contributed by atoms with Crippen molar-refractivity contribution in [3.63, 3.8) is 0 Å². The number of ether oxygens (including phenoxy) is 3. The van der Waals surface area contributed by atoms with E-state index in [4.69, 9.17) is 14.2 Å².